The molecule has 1 atom stereocenters. The zero-order chi connectivity index (χ0) is 10.5. The van der Waals surface area contributed by atoms with Crippen LogP contribution in [0.15, 0.2) is 0 Å². The highest BCUT2D eigenvalue weighted by molar-refractivity contribution is 7.86. The Hall–Kier alpha value is -0.950. The molecular formula is C6H11NO5S. The molecule has 7 heteroatoms. The molecule has 13 heavy (non-hydrogen) atoms. The second-order valence-electron chi connectivity index (χ2n) is 2.64. The van der Waals surface area contributed by atoms with Crippen LogP contribution in [0.4, 0.5) is 0 Å². The molecule has 1 unspecified atom stereocenters. The molecule has 0 aliphatic rings. The number of rotatable bonds is 5. The molecule has 6 nitrogen and oxygen atoms in total. The van der Waals surface area contributed by atoms with Crippen LogP contribution in [0.25, 0.3) is 0 Å². The highest BCUT2D eigenvalue weighted by Gasteiger charge is 2.12. The first-order chi connectivity index (χ1) is 5.85. The summed E-state index contributed by atoms with van der Waals surface area (Å²) in [6, 6.07) is 0. The molecule has 76 valence electrons. The summed E-state index contributed by atoms with van der Waals surface area (Å²) in [6.07, 6.45) is 0.633. The van der Waals surface area contributed by atoms with E-state index in [-0.39, 0.29) is 12.5 Å². The van der Waals surface area contributed by atoms with Crippen LogP contribution < -0.4 is 5.32 Å². The summed E-state index contributed by atoms with van der Waals surface area (Å²) >= 11 is 0. The lowest BCUT2D eigenvalue weighted by atomic mass is 10.2. The van der Waals surface area contributed by atoms with Gasteiger partial charge in [-0.2, -0.15) is 8.42 Å². The summed E-state index contributed by atoms with van der Waals surface area (Å²) in [5.41, 5.74) is 0. The van der Waals surface area contributed by atoms with Crippen LogP contribution in [0.2, 0.25) is 0 Å². The number of aldehydes is 1. The van der Waals surface area contributed by atoms with E-state index in [2.05, 4.69) is 5.32 Å². The maximum Gasteiger partial charge on any atom is 0.274 e. The molecular weight excluding hydrogens is 198 g/mol. The molecule has 0 bridgehead atoms. The molecule has 0 heterocycles. The third kappa shape index (κ3) is 7.41. The van der Waals surface area contributed by atoms with Gasteiger partial charge in [0.1, 0.15) is 6.29 Å². The molecule has 0 saturated carbocycles. The summed E-state index contributed by atoms with van der Waals surface area (Å²) in [5.74, 6) is -2.17. The molecule has 0 saturated heterocycles. The van der Waals surface area contributed by atoms with Gasteiger partial charge in [0, 0.05) is 12.5 Å². The third-order valence-electron chi connectivity index (χ3n) is 1.17. The van der Waals surface area contributed by atoms with Gasteiger partial charge in [-0.1, -0.05) is 6.92 Å². The first kappa shape index (κ1) is 12.0. The molecule has 1 amide bonds. The Balaban J connectivity index is 3.83. The molecule has 0 radical (unpaired) electrons. The molecule has 0 aromatic rings. The maximum absolute atomic E-state index is 10.7. The lowest BCUT2D eigenvalue weighted by Gasteiger charge is -2.04. The van der Waals surface area contributed by atoms with Gasteiger partial charge in [0.2, 0.25) is 5.91 Å². The van der Waals surface area contributed by atoms with E-state index in [0.29, 0.717) is 6.29 Å². The van der Waals surface area contributed by atoms with E-state index >= 15 is 0 Å². The average molecular weight is 209 g/mol. The zero-order valence-electron chi connectivity index (χ0n) is 7.06. The van der Waals surface area contributed by atoms with Gasteiger partial charge < -0.3 is 10.1 Å². The monoisotopic (exact) mass is 209 g/mol. The van der Waals surface area contributed by atoms with Crippen LogP contribution in [0.1, 0.15) is 6.92 Å². The van der Waals surface area contributed by atoms with E-state index in [1.54, 1.807) is 6.92 Å². The number of carbonyl (C=O) groups is 2. The average Bonchev–Trinajstić information content (AvgIpc) is 1.97. The second-order valence-corrected chi connectivity index (χ2v) is 4.10. The van der Waals surface area contributed by atoms with Gasteiger partial charge in [-0.05, 0) is 0 Å². The molecule has 0 fully saturated rings. The molecule has 0 aliphatic carbocycles. The Morgan fingerprint density at radius 2 is 2.15 bits per heavy atom. The van der Waals surface area contributed by atoms with Crippen molar-refractivity contribution in [1.29, 1.82) is 0 Å². The van der Waals surface area contributed by atoms with Crippen LogP contribution in [0, 0.1) is 5.92 Å². The zero-order valence-corrected chi connectivity index (χ0v) is 7.87. The Kier molecular flexibility index (Phi) is 4.57. The lowest BCUT2D eigenvalue weighted by Crippen LogP contribution is -2.33. The van der Waals surface area contributed by atoms with E-state index in [0.717, 1.165) is 0 Å². The Labute approximate surface area is 76.1 Å². The topological polar surface area (TPSA) is 101 Å². The molecule has 2 N–H and O–H groups in total. The van der Waals surface area contributed by atoms with Gasteiger partial charge in [0.05, 0.1) is 0 Å². The fourth-order valence-electron chi connectivity index (χ4n) is 0.540. The molecule has 0 aliphatic heterocycles. The van der Waals surface area contributed by atoms with Crippen molar-refractivity contribution in [3.63, 3.8) is 0 Å². The molecule has 0 spiro atoms. The van der Waals surface area contributed by atoms with Crippen molar-refractivity contribution >= 4 is 22.3 Å². The Bertz CT molecular complexity index is 283. The summed E-state index contributed by atoms with van der Waals surface area (Å²) in [6.45, 7) is 1.64. The summed E-state index contributed by atoms with van der Waals surface area (Å²) in [4.78, 5) is 20.8. The van der Waals surface area contributed by atoms with Crippen molar-refractivity contribution in [1.82, 2.24) is 5.32 Å². The van der Waals surface area contributed by atoms with E-state index in [1.165, 1.54) is 0 Å². The number of nitrogens with one attached hydrogen (secondary N) is 1. The van der Waals surface area contributed by atoms with Crippen LogP contribution >= 0.6 is 0 Å². The minimum Gasteiger partial charge on any atom is -0.354 e. The summed E-state index contributed by atoms with van der Waals surface area (Å²) in [5, 5.41) is 2.18. The van der Waals surface area contributed by atoms with Crippen LogP contribution in [0.3, 0.4) is 0 Å². The van der Waals surface area contributed by atoms with E-state index in [4.69, 9.17) is 4.55 Å². The van der Waals surface area contributed by atoms with E-state index in [1.807, 2.05) is 0 Å². The number of hydrogen-bond acceptors (Lipinski definition) is 4. The van der Waals surface area contributed by atoms with Crippen molar-refractivity contribution in [3.05, 3.63) is 0 Å². The molecule has 0 aromatic carbocycles. The van der Waals surface area contributed by atoms with Gasteiger partial charge in [0.25, 0.3) is 10.1 Å². The minimum absolute atomic E-state index is 0.0673. The normalized spacial score (nSPS) is 13.4. The summed E-state index contributed by atoms with van der Waals surface area (Å²) in [7, 11) is -4.28. The number of hydrogen-bond donors (Lipinski definition) is 2. The smallest absolute Gasteiger partial charge is 0.274 e. The quantitative estimate of drug-likeness (QED) is 0.438. The molecule has 0 aromatic heterocycles. The predicted molar refractivity (Wildman–Crippen MR) is 44.7 cm³/mol. The van der Waals surface area contributed by atoms with Crippen molar-refractivity contribution in [2.24, 2.45) is 5.92 Å². The van der Waals surface area contributed by atoms with Crippen molar-refractivity contribution in [2.45, 2.75) is 6.92 Å². The van der Waals surface area contributed by atoms with Crippen LogP contribution in [-0.2, 0) is 19.7 Å². The third-order valence-corrected chi connectivity index (χ3v) is 1.79. The van der Waals surface area contributed by atoms with Crippen LogP contribution in [0.5, 0.6) is 0 Å². The maximum atomic E-state index is 10.7. The van der Waals surface area contributed by atoms with Gasteiger partial charge in [-0.3, -0.25) is 9.35 Å². The van der Waals surface area contributed by atoms with E-state index in [9.17, 15) is 18.0 Å². The standard InChI is InChI=1S/C6H11NO5S/c1-5(3-8)2-7-6(9)4-13(10,11)12/h3,5H,2,4H2,1H3,(H,7,9)(H,10,11,12). The Morgan fingerprint density at radius 3 is 2.54 bits per heavy atom. The fourth-order valence-corrected chi connectivity index (χ4v) is 0.973. The highest BCUT2D eigenvalue weighted by Crippen LogP contribution is 1.86. The first-order valence-electron chi connectivity index (χ1n) is 3.52. The highest BCUT2D eigenvalue weighted by atomic mass is 32.2. The van der Waals surface area contributed by atoms with Crippen molar-refractivity contribution in [2.75, 3.05) is 12.3 Å². The minimum atomic E-state index is -4.28. The van der Waals surface area contributed by atoms with E-state index < -0.39 is 21.8 Å². The van der Waals surface area contributed by atoms with Gasteiger partial charge in [0.15, 0.2) is 5.75 Å². The first-order valence-corrected chi connectivity index (χ1v) is 5.13. The SMILES string of the molecule is CC(C=O)CNC(=O)CS(=O)(=O)O. The van der Waals surface area contributed by atoms with Gasteiger partial charge in [-0.15, -0.1) is 0 Å². The number of amides is 1. The van der Waals surface area contributed by atoms with Crippen LogP contribution in [-0.4, -0.2) is 37.5 Å². The van der Waals surface area contributed by atoms with Crippen molar-refractivity contribution < 1.29 is 22.6 Å². The molecule has 0 rings (SSSR count). The van der Waals surface area contributed by atoms with Gasteiger partial charge >= 0.3 is 0 Å². The fraction of sp³-hybridized carbons (Fsp3) is 0.667. The van der Waals surface area contributed by atoms with Gasteiger partial charge in [-0.25, -0.2) is 0 Å². The predicted octanol–water partition coefficient (Wildman–Crippen LogP) is -1.17. The Morgan fingerprint density at radius 1 is 1.62 bits per heavy atom. The van der Waals surface area contributed by atoms with Crippen molar-refractivity contribution in [3.8, 4) is 0 Å². The number of carbonyl (C=O) groups excluding carboxylic acids is 2. The second kappa shape index (κ2) is 4.93. The lowest BCUT2D eigenvalue weighted by molar-refractivity contribution is -0.119. The largest absolute Gasteiger partial charge is 0.354 e. The summed E-state index contributed by atoms with van der Waals surface area (Å²) < 4.78 is 28.6.